The van der Waals surface area contributed by atoms with E-state index in [4.69, 9.17) is 5.11 Å². The molecule has 0 unspecified atom stereocenters. The average molecular weight is 147 g/mol. The van der Waals surface area contributed by atoms with Crippen LogP contribution in [0.4, 0.5) is 0 Å². The fourth-order valence-corrected chi connectivity index (χ4v) is 1.34. The van der Waals surface area contributed by atoms with Crippen molar-refractivity contribution >= 4 is 5.71 Å². The van der Waals surface area contributed by atoms with Gasteiger partial charge < -0.3 is 5.11 Å². The molecule has 1 aromatic carbocycles. The molecule has 0 bridgehead atoms. The van der Waals surface area contributed by atoms with E-state index in [-0.39, 0.29) is 6.61 Å². The van der Waals surface area contributed by atoms with Crippen LogP contribution >= 0.6 is 0 Å². The van der Waals surface area contributed by atoms with E-state index in [0.29, 0.717) is 0 Å². The van der Waals surface area contributed by atoms with Crippen LogP contribution in [-0.4, -0.2) is 17.4 Å². The summed E-state index contributed by atoms with van der Waals surface area (Å²) in [6, 6.07) is 8.00. The molecule has 1 heterocycles. The predicted octanol–water partition coefficient (Wildman–Crippen LogP) is 0.982. The Kier molecular flexibility index (Phi) is 1.47. The Balaban J connectivity index is 2.48. The first-order chi connectivity index (χ1) is 5.42. The highest BCUT2D eigenvalue weighted by Gasteiger charge is 2.12. The van der Waals surface area contributed by atoms with Crippen LogP contribution in [0, 0.1) is 0 Å². The third-order valence-corrected chi connectivity index (χ3v) is 1.92. The first kappa shape index (κ1) is 6.55. The van der Waals surface area contributed by atoms with Crippen molar-refractivity contribution in [3.8, 4) is 0 Å². The molecule has 11 heavy (non-hydrogen) atoms. The van der Waals surface area contributed by atoms with E-state index in [0.717, 1.165) is 17.8 Å². The van der Waals surface area contributed by atoms with Gasteiger partial charge in [-0.1, -0.05) is 24.3 Å². The zero-order chi connectivity index (χ0) is 7.68. The molecule has 0 radical (unpaired) electrons. The van der Waals surface area contributed by atoms with E-state index in [1.54, 1.807) is 0 Å². The maximum absolute atomic E-state index is 8.88. The second kappa shape index (κ2) is 2.47. The van der Waals surface area contributed by atoms with Crippen LogP contribution < -0.4 is 0 Å². The molecule has 0 saturated heterocycles. The second-order valence-electron chi connectivity index (χ2n) is 2.58. The van der Waals surface area contributed by atoms with Crippen molar-refractivity contribution in [2.75, 3.05) is 6.61 Å². The highest BCUT2D eigenvalue weighted by atomic mass is 16.3. The fraction of sp³-hybridized carbons (Fsp3) is 0.222. The summed E-state index contributed by atoms with van der Waals surface area (Å²) in [6.45, 7) is 0.781. The van der Waals surface area contributed by atoms with Crippen molar-refractivity contribution < 1.29 is 5.11 Å². The van der Waals surface area contributed by atoms with Gasteiger partial charge in [-0.15, -0.1) is 0 Å². The van der Waals surface area contributed by atoms with Crippen molar-refractivity contribution in [1.82, 2.24) is 0 Å². The topological polar surface area (TPSA) is 32.6 Å². The van der Waals surface area contributed by atoms with Crippen LogP contribution in [-0.2, 0) is 6.54 Å². The Labute approximate surface area is 65.2 Å². The molecule has 0 atom stereocenters. The summed E-state index contributed by atoms with van der Waals surface area (Å²) in [4.78, 5) is 4.19. The molecule has 2 rings (SSSR count). The number of hydrogen-bond donors (Lipinski definition) is 1. The van der Waals surface area contributed by atoms with Crippen molar-refractivity contribution in [1.29, 1.82) is 0 Å². The summed E-state index contributed by atoms with van der Waals surface area (Å²) in [5.41, 5.74) is 3.15. The predicted molar refractivity (Wildman–Crippen MR) is 43.8 cm³/mol. The SMILES string of the molecule is OCC1=NCc2ccccc21. The molecule has 0 fully saturated rings. The number of hydrogen-bond acceptors (Lipinski definition) is 2. The normalized spacial score (nSPS) is 14.5. The molecule has 1 aliphatic rings. The number of benzene rings is 1. The Bertz CT molecular complexity index is 304. The molecule has 0 spiro atoms. The van der Waals surface area contributed by atoms with Gasteiger partial charge in [0.15, 0.2) is 0 Å². The van der Waals surface area contributed by atoms with E-state index in [1.807, 2.05) is 24.3 Å². The van der Waals surface area contributed by atoms with E-state index in [2.05, 4.69) is 4.99 Å². The largest absolute Gasteiger partial charge is 0.390 e. The van der Waals surface area contributed by atoms with E-state index >= 15 is 0 Å². The zero-order valence-corrected chi connectivity index (χ0v) is 6.12. The van der Waals surface area contributed by atoms with E-state index in [9.17, 15) is 0 Å². The standard InChI is InChI=1S/C9H9NO/c11-6-9-8-4-2-1-3-7(8)5-10-9/h1-4,11H,5-6H2. The van der Waals surface area contributed by atoms with Crippen LogP contribution in [0.2, 0.25) is 0 Å². The molecule has 0 aliphatic carbocycles. The lowest BCUT2D eigenvalue weighted by molar-refractivity contribution is 0.358. The number of aliphatic imine (C=N–C) groups is 1. The smallest absolute Gasteiger partial charge is 0.0854 e. The molecule has 0 aromatic heterocycles. The maximum Gasteiger partial charge on any atom is 0.0854 e. The fourth-order valence-electron chi connectivity index (χ4n) is 1.34. The Morgan fingerprint density at radius 3 is 3.00 bits per heavy atom. The van der Waals surface area contributed by atoms with Crippen LogP contribution in [0.3, 0.4) is 0 Å². The lowest BCUT2D eigenvalue weighted by Crippen LogP contribution is -2.02. The lowest BCUT2D eigenvalue weighted by atomic mass is 10.1. The van der Waals surface area contributed by atoms with Gasteiger partial charge in [-0.2, -0.15) is 0 Å². The van der Waals surface area contributed by atoms with E-state index < -0.39 is 0 Å². The summed E-state index contributed by atoms with van der Waals surface area (Å²) in [6.07, 6.45) is 0. The first-order valence-corrected chi connectivity index (χ1v) is 3.64. The second-order valence-corrected chi connectivity index (χ2v) is 2.58. The van der Waals surface area contributed by atoms with E-state index in [1.165, 1.54) is 5.56 Å². The van der Waals surface area contributed by atoms with Crippen LogP contribution in [0.15, 0.2) is 29.3 Å². The molecule has 1 N–H and O–H groups in total. The molecule has 0 saturated carbocycles. The number of aliphatic hydroxyl groups excluding tert-OH is 1. The Hall–Kier alpha value is -1.15. The van der Waals surface area contributed by atoms with Crippen molar-refractivity contribution in [2.24, 2.45) is 4.99 Å². The van der Waals surface area contributed by atoms with Crippen molar-refractivity contribution in [3.63, 3.8) is 0 Å². The van der Waals surface area contributed by atoms with Gasteiger partial charge in [-0.25, -0.2) is 0 Å². The lowest BCUT2D eigenvalue weighted by Gasteiger charge is -1.97. The molecular formula is C9H9NO. The maximum atomic E-state index is 8.88. The van der Waals surface area contributed by atoms with Crippen molar-refractivity contribution in [2.45, 2.75) is 6.54 Å². The summed E-state index contributed by atoms with van der Waals surface area (Å²) in [7, 11) is 0. The molecule has 0 amide bonds. The number of fused-ring (bicyclic) bond motifs is 1. The molecule has 56 valence electrons. The molecule has 2 heteroatoms. The van der Waals surface area contributed by atoms with Gasteiger partial charge in [0.05, 0.1) is 18.9 Å². The Morgan fingerprint density at radius 1 is 1.36 bits per heavy atom. The molecular weight excluding hydrogens is 138 g/mol. The highest BCUT2D eigenvalue weighted by molar-refractivity contribution is 6.04. The zero-order valence-electron chi connectivity index (χ0n) is 6.12. The van der Waals surface area contributed by atoms with Gasteiger partial charge in [-0.05, 0) is 5.56 Å². The van der Waals surface area contributed by atoms with Crippen molar-refractivity contribution in [3.05, 3.63) is 35.4 Å². The van der Waals surface area contributed by atoms with Crippen LogP contribution in [0.5, 0.6) is 0 Å². The molecule has 1 aromatic rings. The monoisotopic (exact) mass is 147 g/mol. The summed E-state index contributed by atoms with van der Waals surface area (Å²) in [5.74, 6) is 0. The number of aliphatic hydroxyl groups is 1. The van der Waals surface area contributed by atoms with Gasteiger partial charge in [0.25, 0.3) is 0 Å². The van der Waals surface area contributed by atoms with Crippen LogP contribution in [0.1, 0.15) is 11.1 Å². The summed E-state index contributed by atoms with van der Waals surface area (Å²) in [5, 5.41) is 8.88. The van der Waals surface area contributed by atoms with Gasteiger partial charge >= 0.3 is 0 Å². The summed E-state index contributed by atoms with van der Waals surface area (Å²) >= 11 is 0. The Morgan fingerprint density at radius 2 is 2.18 bits per heavy atom. The minimum absolute atomic E-state index is 0.0526. The third-order valence-electron chi connectivity index (χ3n) is 1.92. The average Bonchev–Trinajstić information content (AvgIpc) is 2.47. The number of rotatable bonds is 1. The van der Waals surface area contributed by atoms with Crippen LogP contribution in [0.25, 0.3) is 0 Å². The van der Waals surface area contributed by atoms with Gasteiger partial charge in [0.1, 0.15) is 0 Å². The highest BCUT2D eigenvalue weighted by Crippen LogP contribution is 2.17. The van der Waals surface area contributed by atoms with Gasteiger partial charge in [-0.3, -0.25) is 4.99 Å². The minimum Gasteiger partial charge on any atom is -0.390 e. The quantitative estimate of drug-likeness (QED) is 0.631. The molecule has 1 aliphatic heterocycles. The van der Waals surface area contributed by atoms with Gasteiger partial charge in [0.2, 0.25) is 0 Å². The van der Waals surface area contributed by atoms with Gasteiger partial charge in [0, 0.05) is 5.56 Å². The summed E-state index contributed by atoms with van der Waals surface area (Å²) < 4.78 is 0. The third kappa shape index (κ3) is 0.955. The molecule has 2 nitrogen and oxygen atoms in total. The number of nitrogens with zero attached hydrogens (tertiary/aromatic N) is 1. The first-order valence-electron chi connectivity index (χ1n) is 3.64. The minimum atomic E-state index is 0.0526.